The molecule has 1 N–H and O–H groups in total. The molecule has 0 spiro atoms. The Labute approximate surface area is 167 Å². The molecule has 1 aliphatic rings. The number of H-pyrrole nitrogens is 1. The molecule has 0 unspecified atom stereocenters. The van der Waals surface area contributed by atoms with Crippen LogP contribution in [0.25, 0.3) is 11.3 Å². The fraction of sp³-hybridized carbons (Fsp3) is 0.238. The van der Waals surface area contributed by atoms with Crippen LogP contribution in [0.3, 0.4) is 0 Å². The highest BCUT2D eigenvalue weighted by molar-refractivity contribution is 6.30. The molecule has 4 rings (SSSR count). The fourth-order valence-corrected chi connectivity index (χ4v) is 3.53. The van der Waals surface area contributed by atoms with Crippen LogP contribution in [0, 0.1) is 5.82 Å². The maximum atomic E-state index is 13.4. The van der Waals surface area contributed by atoms with Gasteiger partial charge in [-0.3, -0.25) is 9.89 Å². The molecule has 5 nitrogen and oxygen atoms in total. The summed E-state index contributed by atoms with van der Waals surface area (Å²) in [7, 11) is 0. The molecule has 1 saturated heterocycles. The maximum absolute atomic E-state index is 13.4. The number of rotatable bonds is 3. The minimum absolute atomic E-state index is 0.134. The van der Waals surface area contributed by atoms with Crippen molar-refractivity contribution in [2.75, 3.05) is 31.1 Å². The number of carbonyl (C=O) groups is 1. The van der Waals surface area contributed by atoms with E-state index in [2.05, 4.69) is 15.1 Å². The zero-order valence-corrected chi connectivity index (χ0v) is 16.0. The van der Waals surface area contributed by atoms with E-state index in [4.69, 9.17) is 11.6 Å². The summed E-state index contributed by atoms with van der Waals surface area (Å²) in [6.45, 7) is 2.68. The number of amides is 1. The first-order valence-corrected chi connectivity index (χ1v) is 9.59. The molecule has 1 fully saturated rings. The van der Waals surface area contributed by atoms with Crippen molar-refractivity contribution in [1.82, 2.24) is 15.1 Å². The zero-order valence-electron chi connectivity index (χ0n) is 15.2. The monoisotopic (exact) mass is 398 g/mol. The number of nitrogens with one attached hydrogen (secondary N) is 1. The lowest BCUT2D eigenvalue weighted by Crippen LogP contribution is -2.35. The van der Waals surface area contributed by atoms with Crippen LogP contribution in [0.5, 0.6) is 0 Å². The number of aromatic amines is 1. The molecule has 0 bridgehead atoms. The summed E-state index contributed by atoms with van der Waals surface area (Å²) in [6.07, 6.45) is 0.824. The number of halogens is 2. The van der Waals surface area contributed by atoms with Gasteiger partial charge in [0.05, 0.1) is 5.69 Å². The van der Waals surface area contributed by atoms with Gasteiger partial charge in [-0.15, -0.1) is 0 Å². The van der Waals surface area contributed by atoms with Crippen molar-refractivity contribution in [3.63, 3.8) is 0 Å². The Hall–Kier alpha value is -2.86. The van der Waals surface area contributed by atoms with Gasteiger partial charge in [-0.25, -0.2) is 4.39 Å². The third kappa shape index (κ3) is 4.02. The van der Waals surface area contributed by atoms with Crippen molar-refractivity contribution in [1.29, 1.82) is 0 Å². The van der Waals surface area contributed by atoms with Gasteiger partial charge in [-0.05, 0) is 42.3 Å². The second kappa shape index (κ2) is 8.02. The van der Waals surface area contributed by atoms with Gasteiger partial charge < -0.3 is 9.80 Å². The van der Waals surface area contributed by atoms with E-state index < -0.39 is 5.82 Å². The quantitative estimate of drug-likeness (QED) is 0.718. The first-order chi connectivity index (χ1) is 13.6. The van der Waals surface area contributed by atoms with Gasteiger partial charge >= 0.3 is 0 Å². The summed E-state index contributed by atoms with van der Waals surface area (Å²) in [6, 6.07) is 15.4. The van der Waals surface area contributed by atoms with E-state index in [1.807, 2.05) is 30.3 Å². The summed E-state index contributed by atoms with van der Waals surface area (Å²) in [4.78, 5) is 16.6. The van der Waals surface area contributed by atoms with Crippen LogP contribution >= 0.6 is 11.6 Å². The SMILES string of the molecule is O=C(c1cccc(F)c1)N1CCCN(c2cc(-c3ccc(Cl)cc3)[nH]n2)CC1. The normalized spacial score (nSPS) is 14.8. The minimum atomic E-state index is -0.395. The summed E-state index contributed by atoms with van der Waals surface area (Å²) >= 11 is 5.95. The first kappa shape index (κ1) is 18.5. The molecule has 144 valence electrons. The van der Waals surface area contributed by atoms with Crippen molar-refractivity contribution >= 4 is 23.3 Å². The summed E-state index contributed by atoms with van der Waals surface area (Å²) in [5, 5.41) is 8.20. The number of nitrogens with zero attached hydrogens (tertiary/aromatic N) is 3. The third-order valence-corrected chi connectivity index (χ3v) is 5.15. The van der Waals surface area contributed by atoms with Gasteiger partial charge in [-0.2, -0.15) is 5.10 Å². The molecule has 28 heavy (non-hydrogen) atoms. The molecule has 3 aromatic rings. The second-order valence-electron chi connectivity index (χ2n) is 6.79. The molecule has 1 aliphatic heterocycles. The average Bonchev–Trinajstić information content (AvgIpc) is 3.06. The Kier molecular flexibility index (Phi) is 5.30. The highest BCUT2D eigenvalue weighted by atomic mass is 35.5. The Bertz CT molecular complexity index is 973. The van der Waals surface area contributed by atoms with Crippen molar-refractivity contribution in [3.05, 3.63) is 71.0 Å². The standard InChI is InChI=1S/C21H20ClFN4O/c22-17-7-5-15(6-8-17)19-14-20(25-24-19)26-9-2-10-27(12-11-26)21(28)16-3-1-4-18(23)13-16/h1,3-8,13-14H,2,9-12H2,(H,24,25). The third-order valence-electron chi connectivity index (χ3n) is 4.90. The number of hydrogen-bond donors (Lipinski definition) is 1. The van der Waals surface area contributed by atoms with Gasteiger partial charge in [0.2, 0.25) is 0 Å². The maximum Gasteiger partial charge on any atom is 0.254 e. The van der Waals surface area contributed by atoms with E-state index in [1.165, 1.54) is 12.1 Å². The largest absolute Gasteiger partial charge is 0.353 e. The molecule has 0 aliphatic carbocycles. The topological polar surface area (TPSA) is 52.2 Å². The van der Waals surface area contributed by atoms with Crippen LogP contribution in [0.15, 0.2) is 54.6 Å². The van der Waals surface area contributed by atoms with Gasteiger partial charge in [0.25, 0.3) is 5.91 Å². The van der Waals surface area contributed by atoms with Gasteiger partial charge in [0.15, 0.2) is 5.82 Å². The highest BCUT2D eigenvalue weighted by Crippen LogP contribution is 2.24. The predicted molar refractivity (Wildman–Crippen MR) is 108 cm³/mol. The molecule has 2 aromatic carbocycles. The molecule has 1 aromatic heterocycles. The number of carbonyl (C=O) groups excluding carboxylic acids is 1. The van der Waals surface area contributed by atoms with E-state index in [1.54, 1.807) is 17.0 Å². The Balaban J connectivity index is 1.44. The van der Waals surface area contributed by atoms with Gasteiger partial charge in [0, 0.05) is 42.8 Å². The van der Waals surface area contributed by atoms with Gasteiger partial charge in [-0.1, -0.05) is 29.8 Å². The highest BCUT2D eigenvalue weighted by Gasteiger charge is 2.22. The molecule has 1 amide bonds. The van der Waals surface area contributed by atoms with E-state index in [-0.39, 0.29) is 5.91 Å². The Morgan fingerprint density at radius 3 is 2.64 bits per heavy atom. The van der Waals surface area contributed by atoms with E-state index >= 15 is 0 Å². The molecule has 2 heterocycles. The molecular weight excluding hydrogens is 379 g/mol. The van der Waals surface area contributed by atoms with Gasteiger partial charge in [0.1, 0.15) is 5.82 Å². The Morgan fingerprint density at radius 1 is 1.04 bits per heavy atom. The van der Waals surface area contributed by atoms with Crippen LogP contribution in [0.2, 0.25) is 5.02 Å². The molecular formula is C21H20ClFN4O. The number of anilines is 1. The van der Waals surface area contributed by atoms with Crippen molar-refractivity contribution in [3.8, 4) is 11.3 Å². The average molecular weight is 399 g/mol. The lowest BCUT2D eigenvalue weighted by molar-refractivity contribution is 0.0766. The van der Waals surface area contributed by atoms with E-state index in [0.29, 0.717) is 30.2 Å². The van der Waals surface area contributed by atoms with Crippen LogP contribution in [0.4, 0.5) is 10.2 Å². The van der Waals surface area contributed by atoms with E-state index in [0.717, 1.165) is 30.0 Å². The lowest BCUT2D eigenvalue weighted by Gasteiger charge is -2.22. The summed E-state index contributed by atoms with van der Waals surface area (Å²) < 4.78 is 13.4. The van der Waals surface area contributed by atoms with E-state index in [9.17, 15) is 9.18 Å². The van der Waals surface area contributed by atoms with Crippen molar-refractivity contribution < 1.29 is 9.18 Å². The summed E-state index contributed by atoms with van der Waals surface area (Å²) in [5.74, 6) is 0.323. The van der Waals surface area contributed by atoms with Crippen LogP contribution in [-0.2, 0) is 0 Å². The summed E-state index contributed by atoms with van der Waals surface area (Å²) in [5.41, 5.74) is 2.32. The molecule has 0 saturated carbocycles. The zero-order chi connectivity index (χ0) is 19.5. The minimum Gasteiger partial charge on any atom is -0.353 e. The van der Waals surface area contributed by atoms with Crippen LogP contribution < -0.4 is 4.90 Å². The second-order valence-corrected chi connectivity index (χ2v) is 7.23. The number of hydrogen-bond acceptors (Lipinski definition) is 3. The lowest BCUT2D eigenvalue weighted by atomic mass is 10.1. The smallest absolute Gasteiger partial charge is 0.254 e. The molecule has 0 radical (unpaired) electrons. The molecule has 7 heteroatoms. The predicted octanol–water partition coefficient (Wildman–Crippen LogP) is 4.22. The van der Waals surface area contributed by atoms with Crippen LogP contribution in [-0.4, -0.2) is 47.2 Å². The molecule has 0 atom stereocenters. The fourth-order valence-electron chi connectivity index (χ4n) is 3.40. The van der Waals surface area contributed by atoms with Crippen molar-refractivity contribution in [2.45, 2.75) is 6.42 Å². The Morgan fingerprint density at radius 2 is 1.86 bits per heavy atom. The van der Waals surface area contributed by atoms with Crippen LogP contribution in [0.1, 0.15) is 16.8 Å². The van der Waals surface area contributed by atoms with Crippen molar-refractivity contribution in [2.24, 2.45) is 0 Å². The number of aromatic nitrogens is 2. The first-order valence-electron chi connectivity index (χ1n) is 9.21. The number of benzene rings is 2.